The average Bonchev–Trinajstić information content (AvgIpc) is 2.24. The third-order valence-corrected chi connectivity index (χ3v) is 2.84. The Kier molecular flexibility index (Phi) is 4.89. The number of aryl methyl sites for hydroxylation is 1. The molecule has 1 rings (SSSR count). The molecule has 1 aromatic rings. The Morgan fingerprint density at radius 3 is 2.82 bits per heavy atom. The Labute approximate surface area is 107 Å². The largest absolute Gasteiger partial charge is 0.480 e. The molecule has 1 atom stereocenters. The van der Waals surface area contributed by atoms with Gasteiger partial charge in [-0.15, -0.1) is 0 Å². The molecule has 0 amide bonds. The normalized spacial score (nSPS) is 12.2. The summed E-state index contributed by atoms with van der Waals surface area (Å²) >= 11 is 3.06. The quantitative estimate of drug-likeness (QED) is 0.877. The van der Waals surface area contributed by atoms with Crippen molar-refractivity contribution in [3.8, 4) is 0 Å². The van der Waals surface area contributed by atoms with E-state index in [0.717, 1.165) is 5.56 Å². The van der Waals surface area contributed by atoms with Crippen LogP contribution in [0.5, 0.6) is 0 Å². The lowest BCUT2D eigenvalue weighted by Crippen LogP contribution is -2.33. The van der Waals surface area contributed by atoms with Crippen LogP contribution in [0.25, 0.3) is 0 Å². The summed E-state index contributed by atoms with van der Waals surface area (Å²) in [5.41, 5.74) is 1.19. The molecule has 1 unspecified atom stereocenters. The Morgan fingerprint density at radius 1 is 1.65 bits per heavy atom. The van der Waals surface area contributed by atoms with Crippen molar-refractivity contribution in [3.05, 3.63) is 28.0 Å². The van der Waals surface area contributed by atoms with Crippen LogP contribution in [0, 0.1) is 12.7 Å². The molecule has 2 N–H and O–H groups in total. The molecule has 0 saturated carbocycles. The van der Waals surface area contributed by atoms with Crippen LogP contribution < -0.4 is 5.32 Å². The Morgan fingerprint density at radius 2 is 2.29 bits per heavy atom. The van der Waals surface area contributed by atoms with Crippen molar-refractivity contribution in [1.82, 2.24) is 0 Å². The van der Waals surface area contributed by atoms with Crippen LogP contribution in [0.15, 0.2) is 16.6 Å². The van der Waals surface area contributed by atoms with E-state index in [1.54, 1.807) is 13.0 Å². The lowest BCUT2D eigenvalue weighted by atomic mass is 10.1. The monoisotopic (exact) mass is 305 g/mol. The van der Waals surface area contributed by atoms with Gasteiger partial charge in [-0.1, -0.05) is 0 Å². The summed E-state index contributed by atoms with van der Waals surface area (Å²) in [6.07, 6.45) is 0. The SMILES string of the molecule is COCC(Nc1cc(F)c(Br)cc1C)C(=O)O. The van der Waals surface area contributed by atoms with Crippen molar-refractivity contribution in [2.24, 2.45) is 0 Å². The highest BCUT2D eigenvalue weighted by molar-refractivity contribution is 9.10. The number of carbonyl (C=O) groups is 1. The van der Waals surface area contributed by atoms with Crippen molar-refractivity contribution in [1.29, 1.82) is 0 Å². The van der Waals surface area contributed by atoms with Crippen molar-refractivity contribution in [2.45, 2.75) is 13.0 Å². The van der Waals surface area contributed by atoms with E-state index in [1.165, 1.54) is 13.2 Å². The fourth-order valence-corrected chi connectivity index (χ4v) is 1.79. The molecule has 94 valence electrons. The fraction of sp³-hybridized carbons (Fsp3) is 0.364. The number of halogens is 2. The number of carboxylic acid groups (broad SMARTS) is 1. The third kappa shape index (κ3) is 3.67. The zero-order valence-electron chi connectivity index (χ0n) is 9.46. The number of benzene rings is 1. The van der Waals surface area contributed by atoms with E-state index in [-0.39, 0.29) is 6.61 Å². The summed E-state index contributed by atoms with van der Waals surface area (Å²) in [6.45, 7) is 1.77. The smallest absolute Gasteiger partial charge is 0.328 e. The van der Waals surface area contributed by atoms with Crippen LogP contribution in [0.4, 0.5) is 10.1 Å². The Bertz CT molecular complexity index is 425. The standard InChI is InChI=1S/C11H13BrFNO3/c1-6-3-7(12)8(13)4-9(6)14-10(5-17-2)11(15)16/h3-4,10,14H,5H2,1-2H3,(H,15,16). The molecule has 1 aromatic carbocycles. The molecular weight excluding hydrogens is 293 g/mol. The second-order valence-electron chi connectivity index (χ2n) is 3.57. The van der Waals surface area contributed by atoms with Gasteiger partial charge in [-0.3, -0.25) is 0 Å². The van der Waals surface area contributed by atoms with Gasteiger partial charge in [-0.05, 0) is 40.5 Å². The van der Waals surface area contributed by atoms with Gasteiger partial charge in [-0.2, -0.15) is 0 Å². The minimum absolute atomic E-state index is 0.00641. The highest BCUT2D eigenvalue weighted by Gasteiger charge is 2.18. The van der Waals surface area contributed by atoms with Gasteiger partial charge < -0.3 is 15.2 Å². The molecular formula is C11H13BrFNO3. The molecule has 0 heterocycles. The first-order valence-electron chi connectivity index (χ1n) is 4.89. The molecule has 0 aliphatic carbocycles. The molecule has 0 bridgehead atoms. The van der Waals surface area contributed by atoms with Gasteiger partial charge in [0.15, 0.2) is 0 Å². The number of ether oxygens (including phenoxy) is 1. The lowest BCUT2D eigenvalue weighted by Gasteiger charge is -2.17. The highest BCUT2D eigenvalue weighted by Crippen LogP contribution is 2.24. The van der Waals surface area contributed by atoms with Crippen LogP contribution >= 0.6 is 15.9 Å². The minimum atomic E-state index is -1.05. The summed E-state index contributed by atoms with van der Waals surface area (Å²) in [6, 6.07) is 1.94. The number of hydrogen-bond acceptors (Lipinski definition) is 3. The maximum Gasteiger partial charge on any atom is 0.328 e. The van der Waals surface area contributed by atoms with Gasteiger partial charge in [0.1, 0.15) is 11.9 Å². The second kappa shape index (κ2) is 5.97. The molecule has 0 saturated heterocycles. The highest BCUT2D eigenvalue weighted by atomic mass is 79.9. The van der Waals surface area contributed by atoms with Gasteiger partial charge in [0.05, 0.1) is 11.1 Å². The maximum atomic E-state index is 13.3. The molecule has 0 fully saturated rings. The number of carboxylic acids is 1. The minimum Gasteiger partial charge on any atom is -0.480 e. The molecule has 0 radical (unpaired) electrons. The number of rotatable bonds is 5. The molecule has 0 spiro atoms. The van der Waals surface area contributed by atoms with E-state index >= 15 is 0 Å². The zero-order valence-corrected chi connectivity index (χ0v) is 11.0. The van der Waals surface area contributed by atoms with Gasteiger partial charge in [0.25, 0.3) is 0 Å². The van der Waals surface area contributed by atoms with E-state index in [0.29, 0.717) is 10.2 Å². The molecule has 0 aromatic heterocycles. The topological polar surface area (TPSA) is 58.6 Å². The molecule has 4 nitrogen and oxygen atoms in total. The Hall–Kier alpha value is -1.14. The van der Waals surface area contributed by atoms with Crippen LogP contribution in [-0.2, 0) is 9.53 Å². The van der Waals surface area contributed by atoms with Gasteiger partial charge >= 0.3 is 5.97 Å². The molecule has 0 aliphatic rings. The van der Waals surface area contributed by atoms with Gasteiger partial charge in [0, 0.05) is 12.8 Å². The third-order valence-electron chi connectivity index (χ3n) is 2.23. The number of anilines is 1. The predicted octanol–water partition coefficient (Wildman–Crippen LogP) is 2.41. The fourth-order valence-electron chi connectivity index (χ4n) is 1.33. The van der Waals surface area contributed by atoms with Crippen LogP contribution in [0.2, 0.25) is 0 Å². The summed E-state index contributed by atoms with van der Waals surface area (Å²) < 4.78 is 18.5. The van der Waals surface area contributed by atoms with E-state index in [1.807, 2.05) is 0 Å². The number of methoxy groups -OCH3 is 1. The van der Waals surface area contributed by atoms with Crippen molar-refractivity contribution < 1.29 is 19.0 Å². The second-order valence-corrected chi connectivity index (χ2v) is 4.43. The van der Waals surface area contributed by atoms with Gasteiger partial charge in [0.2, 0.25) is 0 Å². The van der Waals surface area contributed by atoms with E-state index in [4.69, 9.17) is 9.84 Å². The first-order valence-corrected chi connectivity index (χ1v) is 5.69. The van der Waals surface area contributed by atoms with Crippen LogP contribution in [0.3, 0.4) is 0 Å². The van der Waals surface area contributed by atoms with Crippen LogP contribution in [0.1, 0.15) is 5.56 Å². The van der Waals surface area contributed by atoms with E-state index < -0.39 is 17.8 Å². The number of hydrogen-bond donors (Lipinski definition) is 2. The number of aliphatic carboxylic acids is 1. The first kappa shape index (κ1) is 13.9. The average molecular weight is 306 g/mol. The summed E-state index contributed by atoms with van der Waals surface area (Å²) in [4.78, 5) is 10.9. The first-order chi connectivity index (χ1) is 7.95. The predicted molar refractivity (Wildman–Crippen MR) is 65.8 cm³/mol. The maximum absolute atomic E-state index is 13.3. The summed E-state index contributed by atoms with van der Waals surface area (Å²) in [7, 11) is 1.41. The Balaban J connectivity index is 2.93. The summed E-state index contributed by atoms with van der Waals surface area (Å²) in [5.74, 6) is -1.49. The lowest BCUT2D eigenvalue weighted by molar-refractivity contribution is -0.139. The zero-order chi connectivity index (χ0) is 13.0. The molecule has 6 heteroatoms. The van der Waals surface area contributed by atoms with Crippen molar-refractivity contribution >= 4 is 27.6 Å². The summed E-state index contributed by atoms with van der Waals surface area (Å²) in [5, 5.41) is 11.7. The van der Waals surface area contributed by atoms with E-state index in [2.05, 4.69) is 21.2 Å². The number of nitrogens with one attached hydrogen (secondary N) is 1. The van der Waals surface area contributed by atoms with Crippen LogP contribution in [-0.4, -0.2) is 30.8 Å². The molecule has 17 heavy (non-hydrogen) atoms. The molecule has 0 aliphatic heterocycles. The van der Waals surface area contributed by atoms with Gasteiger partial charge in [-0.25, -0.2) is 9.18 Å². The van der Waals surface area contributed by atoms with Crippen molar-refractivity contribution in [3.63, 3.8) is 0 Å². The van der Waals surface area contributed by atoms with Crippen molar-refractivity contribution in [2.75, 3.05) is 19.0 Å². The van der Waals surface area contributed by atoms with E-state index in [9.17, 15) is 9.18 Å².